The number of carboxylic acids is 1. The molecule has 0 bridgehead atoms. The minimum Gasteiger partial charge on any atom is -0.494 e. The van der Waals surface area contributed by atoms with E-state index in [1.54, 1.807) is 18.7 Å². The number of nitrogens with zero attached hydrogens (tertiary/aromatic N) is 3. The Balaban J connectivity index is 1.71. The number of aromatic nitrogens is 3. The van der Waals surface area contributed by atoms with Crippen LogP contribution in [0.3, 0.4) is 0 Å². The van der Waals surface area contributed by atoms with Gasteiger partial charge in [0.25, 0.3) is 0 Å². The summed E-state index contributed by atoms with van der Waals surface area (Å²) >= 11 is 0. The van der Waals surface area contributed by atoms with Gasteiger partial charge in [-0.2, -0.15) is 4.98 Å². The molecule has 0 aliphatic heterocycles. The molecule has 0 fully saturated rings. The summed E-state index contributed by atoms with van der Waals surface area (Å²) in [6.07, 6.45) is 0.783. The van der Waals surface area contributed by atoms with Crippen molar-refractivity contribution in [2.75, 3.05) is 24.2 Å². The van der Waals surface area contributed by atoms with Crippen molar-refractivity contribution in [2.45, 2.75) is 25.9 Å². The van der Waals surface area contributed by atoms with Gasteiger partial charge >= 0.3 is 5.97 Å². The van der Waals surface area contributed by atoms with Gasteiger partial charge in [-0.05, 0) is 31.0 Å². The molecular formula is C16H24N6O3. The van der Waals surface area contributed by atoms with E-state index < -0.39 is 12.0 Å². The van der Waals surface area contributed by atoms with Crippen LogP contribution >= 0.6 is 0 Å². The van der Waals surface area contributed by atoms with Crippen molar-refractivity contribution < 1.29 is 14.6 Å². The zero-order chi connectivity index (χ0) is 18.2. The first-order valence-electron chi connectivity index (χ1n) is 8.04. The van der Waals surface area contributed by atoms with Gasteiger partial charge in [-0.3, -0.25) is 4.79 Å². The van der Waals surface area contributed by atoms with Gasteiger partial charge < -0.3 is 26.2 Å². The Hall–Kier alpha value is -2.81. The van der Waals surface area contributed by atoms with Crippen LogP contribution in [0.1, 0.15) is 18.9 Å². The fourth-order valence-electron chi connectivity index (χ4n) is 2.12. The average Bonchev–Trinajstić information content (AvgIpc) is 2.90. The molecule has 0 amide bonds. The lowest BCUT2D eigenvalue weighted by Gasteiger charge is -2.11. The largest absolute Gasteiger partial charge is 0.494 e. The van der Waals surface area contributed by atoms with Gasteiger partial charge in [0.05, 0.1) is 6.61 Å². The molecule has 136 valence electrons. The molecule has 0 radical (unpaired) electrons. The van der Waals surface area contributed by atoms with Gasteiger partial charge in [0.2, 0.25) is 11.9 Å². The highest BCUT2D eigenvalue weighted by molar-refractivity contribution is 5.72. The number of aryl methyl sites for hydroxylation is 1. The Kier molecular flexibility index (Phi) is 6.58. The molecule has 0 aliphatic rings. The molecule has 9 nitrogen and oxygen atoms in total. The molecule has 1 unspecified atom stereocenters. The zero-order valence-corrected chi connectivity index (χ0v) is 14.4. The highest BCUT2D eigenvalue weighted by Gasteiger charge is 2.09. The Morgan fingerprint density at radius 1 is 1.48 bits per heavy atom. The third-order valence-electron chi connectivity index (χ3n) is 3.53. The molecule has 1 heterocycles. The number of aliphatic carboxylic acids is 1. The number of anilines is 2. The Morgan fingerprint density at radius 2 is 2.28 bits per heavy atom. The van der Waals surface area contributed by atoms with Crippen LogP contribution in [0.15, 0.2) is 24.3 Å². The number of hydrogen-bond acceptors (Lipinski definition) is 7. The van der Waals surface area contributed by atoms with Crippen molar-refractivity contribution in [1.29, 1.82) is 0 Å². The van der Waals surface area contributed by atoms with Crippen molar-refractivity contribution in [3.05, 3.63) is 29.8 Å². The molecule has 1 atom stereocenters. The van der Waals surface area contributed by atoms with E-state index in [2.05, 4.69) is 20.7 Å². The van der Waals surface area contributed by atoms with Crippen molar-refractivity contribution in [2.24, 2.45) is 7.05 Å². The third kappa shape index (κ3) is 5.96. The SMILES string of the molecule is CC(NCc1cccc(OCCCNc2nc(N)nn2C)c1)C(=O)O. The summed E-state index contributed by atoms with van der Waals surface area (Å²) in [5, 5.41) is 18.9. The highest BCUT2D eigenvalue weighted by Crippen LogP contribution is 2.14. The molecule has 0 spiro atoms. The molecule has 0 saturated heterocycles. The quantitative estimate of drug-likeness (QED) is 0.465. The first-order valence-corrected chi connectivity index (χ1v) is 8.04. The third-order valence-corrected chi connectivity index (χ3v) is 3.53. The Morgan fingerprint density at radius 3 is 2.96 bits per heavy atom. The van der Waals surface area contributed by atoms with Gasteiger partial charge in [0.1, 0.15) is 11.8 Å². The van der Waals surface area contributed by atoms with Crippen molar-refractivity contribution in [3.63, 3.8) is 0 Å². The van der Waals surface area contributed by atoms with Gasteiger partial charge in [0.15, 0.2) is 0 Å². The van der Waals surface area contributed by atoms with Crippen LogP contribution in [0.2, 0.25) is 0 Å². The van der Waals surface area contributed by atoms with Crippen LogP contribution in [-0.4, -0.2) is 45.0 Å². The number of carboxylic acid groups (broad SMARTS) is 1. The predicted molar refractivity (Wildman–Crippen MR) is 94.4 cm³/mol. The van der Waals surface area contributed by atoms with Crippen LogP contribution in [-0.2, 0) is 18.4 Å². The molecule has 9 heteroatoms. The maximum atomic E-state index is 10.8. The lowest BCUT2D eigenvalue weighted by Crippen LogP contribution is -2.33. The second-order valence-corrected chi connectivity index (χ2v) is 5.63. The monoisotopic (exact) mass is 348 g/mol. The summed E-state index contributed by atoms with van der Waals surface area (Å²) in [5.41, 5.74) is 6.48. The smallest absolute Gasteiger partial charge is 0.320 e. The maximum Gasteiger partial charge on any atom is 0.320 e. The summed E-state index contributed by atoms with van der Waals surface area (Å²) in [5.74, 6) is 0.747. The van der Waals surface area contributed by atoms with Gasteiger partial charge in [0, 0.05) is 20.1 Å². The van der Waals surface area contributed by atoms with Crippen LogP contribution < -0.4 is 21.1 Å². The van der Waals surface area contributed by atoms with E-state index in [9.17, 15) is 4.79 Å². The van der Waals surface area contributed by atoms with E-state index in [0.29, 0.717) is 25.6 Å². The Bertz CT molecular complexity index is 703. The molecule has 0 saturated carbocycles. The molecule has 2 aromatic rings. The molecule has 1 aromatic heterocycles. The minimum atomic E-state index is -0.871. The van der Waals surface area contributed by atoms with Gasteiger partial charge in [-0.1, -0.05) is 12.1 Å². The van der Waals surface area contributed by atoms with Crippen LogP contribution in [0.4, 0.5) is 11.9 Å². The number of hydrogen-bond donors (Lipinski definition) is 4. The lowest BCUT2D eigenvalue weighted by atomic mass is 10.2. The van der Waals surface area contributed by atoms with E-state index in [4.69, 9.17) is 15.6 Å². The summed E-state index contributed by atoms with van der Waals surface area (Å²) in [4.78, 5) is 14.9. The fraction of sp³-hybridized carbons (Fsp3) is 0.438. The molecule has 0 aliphatic carbocycles. The number of nitrogen functional groups attached to an aromatic ring is 1. The lowest BCUT2D eigenvalue weighted by molar-refractivity contribution is -0.139. The zero-order valence-electron chi connectivity index (χ0n) is 14.4. The molecule has 5 N–H and O–H groups in total. The van der Waals surface area contributed by atoms with Crippen molar-refractivity contribution in [3.8, 4) is 5.75 Å². The van der Waals surface area contributed by atoms with Crippen LogP contribution in [0, 0.1) is 0 Å². The summed E-state index contributed by atoms with van der Waals surface area (Å²) in [6.45, 7) is 3.31. The van der Waals surface area contributed by atoms with E-state index in [0.717, 1.165) is 17.7 Å². The van der Waals surface area contributed by atoms with E-state index >= 15 is 0 Å². The predicted octanol–water partition coefficient (Wildman–Crippen LogP) is 0.841. The van der Waals surface area contributed by atoms with Crippen molar-refractivity contribution >= 4 is 17.9 Å². The van der Waals surface area contributed by atoms with Crippen LogP contribution in [0.25, 0.3) is 0 Å². The first kappa shape index (κ1) is 18.5. The summed E-state index contributed by atoms with van der Waals surface area (Å²) in [7, 11) is 1.77. The topological polar surface area (TPSA) is 127 Å². The number of rotatable bonds is 10. The second kappa shape index (κ2) is 8.88. The van der Waals surface area contributed by atoms with E-state index in [-0.39, 0.29) is 5.95 Å². The number of benzene rings is 1. The summed E-state index contributed by atoms with van der Waals surface area (Å²) < 4.78 is 7.31. The highest BCUT2D eigenvalue weighted by atomic mass is 16.5. The second-order valence-electron chi connectivity index (χ2n) is 5.63. The Labute approximate surface area is 146 Å². The van der Waals surface area contributed by atoms with E-state index in [1.807, 2.05) is 24.3 Å². The standard InChI is InChI=1S/C16H24N6O3/c1-11(14(23)24)19-10-12-5-3-6-13(9-12)25-8-4-7-18-16-20-15(17)21-22(16)2/h3,5-6,9,11,19H,4,7-8,10H2,1-2H3,(H,23,24)(H3,17,18,20,21). The van der Waals surface area contributed by atoms with E-state index in [1.165, 1.54) is 0 Å². The number of ether oxygens (including phenoxy) is 1. The fourth-order valence-corrected chi connectivity index (χ4v) is 2.12. The first-order chi connectivity index (χ1) is 12.0. The molecular weight excluding hydrogens is 324 g/mol. The number of nitrogens with two attached hydrogens (primary N) is 1. The molecule has 25 heavy (non-hydrogen) atoms. The molecule has 1 aromatic carbocycles. The number of nitrogens with one attached hydrogen (secondary N) is 2. The van der Waals surface area contributed by atoms with Gasteiger partial charge in [-0.15, -0.1) is 5.10 Å². The normalized spacial score (nSPS) is 11.9. The summed E-state index contributed by atoms with van der Waals surface area (Å²) in [6, 6.07) is 7.00. The van der Waals surface area contributed by atoms with Crippen LogP contribution in [0.5, 0.6) is 5.75 Å². The molecule has 2 rings (SSSR count). The number of carbonyl (C=O) groups is 1. The maximum absolute atomic E-state index is 10.8. The van der Waals surface area contributed by atoms with Gasteiger partial charge in [-0.25, -0.2) is 4.68 Å². The average molecular weight is 348 g/mol. The van der Waals surface area contributed by atoms with Crippen molar-refractivity contribution in [1.82, 2.24) is 20.1 Å². The minimum absolute atomic E-state index is 0.240.